The summed E-state index contributed by atoms with van der Waals surface area (Å²) in [4.78, 5) is 10.8. The first kappa shape index (κ1) is 17.8. The van der Waals surface area contributed by atoms with Crippen LogP contribution in [0.5, 0.6) is 5.75 Å². The molecule has 0 unspecified atom stereocenters. The third-order valence-electron chi connectivity index (χ3n) is 2.16. The van der Waals surface area contributed by atoms with Crippen LogP contribution < -0.4 is 4.74 Å². The molecule has 0 radical (unpaired) electrons. The predicted molar refractivity (Wildman–Crippen MR) is 84.7 cm³/mol. The molecule has 2 nitrogen and oxygen atoms in total. The molecule has 3 heteroatoms. The van der Waals surface area contributed by atoms with E-state index >= 15 is 0 Å². The second kappa shape index (κ2) is 10.7. The lowest BCUT2D eigenvalue weighted by molar-refractivity contribution is -0.109. The van der Waals surface area contributed by atoms with E-state index in [1.807, 2.05) is 45.0 Å². The van der Waals surface area contributed by atoms with Crippen molar-refractivity contribution in [2.45, 2.75) is 39.9 Å². The van der Waals surface area contributed by atoms with Gasteiger partial charge in [0.05, 0.1) is 6.61 Å². The number of carbonyl (C=O) groups excluding carboxylic acids is 1. The van der Waals surface area contributed by atoms with Crippen LogP contribution in [0.1, 0.15) is 39.7 Å². The van der Waals surface area contributed by atoms with Gasteiger partial charge in [0.15, 0.2) is 5.12 Å². The van der Waals surface area contributed by atoms with Gasteiger partial charge in [0, 0.05) is 19.1 Å². The predicted octanol–water partition coefficient (Wildman–Crippen LogP) is 4.84. The maximum atomic E-state index is 10.8. The summed E-state index contributed by atoms with van der Waals surface area (Å²) >= 11 is 1.32. The molecule has 0 fully saturated rings. The molecule has 1 rings (SSSR count). The Bertz CT molecular complexity index is 382. The van der Waals surface area contributed by atoms with Gasteiger partial charge in [-0.2, -0.15) is 0 Å². The maximum absolute atomic E-state index is 10.8. The highest BCUT2D eigenvalue weighted by atomic mass is 32.2. The van der Waals surface area contributed by atoms with Gasteiger partial charge in [-0.3, -0.25) is 4.79 Å². The number of rotatable bonds is 6. The van der Waals surface area contributed by atoms with Crippen molar-refractivity contribution in [1.29, 1.82) is 0 Å². The topological polar surface area (TPSA) is 26.3 Å². The van der Waals surface area contributed by atoms with E-state index in [1.165, 1.54) is 11.8 Å². The Labute approximate surface area is 121 Å². The van der Waals surface area contributed by atoms with Gasteiger partial charge in [0.25, 0.3) is 0 Å². The highest BCUT2D eigenvalue weighted by molar-refractivity contribution is 8.12. The van der Waals surface area contributed by atoms with E-state index in [1.54, 1.807) is 6.92 Å². The minimum absolute atomic E-state index is 0.145. The van der Waals surface area contributed by atoms with Gasteiger partial charge in [-0.1, -0.05) is 43.3 Å². The molecular weight excluding hydrogens is 256 g/mol. The Kier molecular flexibility index (Phi) is 9.99. The zero-order valence-corrected chi connectivity index (χ0v) is 13.2. The van der Waals surface area contributed by atoms with Crippen LogP contribution in [0.3, 0.4) is 0 Å². The van der Waals surface area contributed by atoms with Gasteiger partial charge < -0.3 is 4.74 Å². The van der Waals surface area contributed by atoms with Crippen molar-refractivity contribution >= 4 is 16.9 Å². The molecule has 0 amide bonds. The van der Waals surface area contributed by atoms with Crippen molar-refractivity contribution in [2.75, 3.05) is 6.61 Å². The van der Waals surface area contributed by atoms with Gasteiger partial charge in [0.1, 0.15) is 5.75 Å². The van der Waals surface area contributed by atoms with Gasteiger partial charge >= 0.3 is 0 Å². The molecule has 0 aliphatic rings. The van der Waals surface area contributed by atoms with Crippen LogP contribution in [-0.4, -0.2) is 11.7 Å². The number of carbonyl (C=O) groups is 1. The summed E-state index contributed by atoms with van der Waals surface area (Å²) in [5.41, 5.74) is 2.26. The van der Waals surface area contributed by atoms with Gasteiger partial charge in [-0.15, -0.1) is 6.58 Å². The molecule has 0 spiro atoms. The van der Waals surface area contributed by atoms with E-state index in [0.29, 0.717) is 6.61 Å². The summed E-state index contributed by atoms with van der Waals surface area (Å²) in [7, 11) is 0. The van der Waals surface area contributed by atoms with Crippen LogP contribution in [0, 0.1) is 0 Å². The first-order valence-electron chi connectivity index (χ1n) is 6.57. The number of ether oxygens (including phenoxy) is 1. The van der Waals surface area contributed by atoms with E-state index in [0.717, 1.165) is 29.1 Å². The summed E-state index contributed by atoms with van der Waals surface area (Å²) in [5.74, 6) is 1.59. The summed E-state index contributed by atoms with van der Waals surface area (Å²) in [5, 5.41) is 0.145. The highest BCUT2D eigenvalue weighted by Crippen LogP contribution is 2.17. The van der Waals surface area contributed by atoms with Crippen molar-refractivity contribution in [3.05, 3.63) is 42.0 Å². The molecule has 19 heavy (non-hydrogen) atoms. The van der Waals surface area contributed by atoms with Crippen molar-refractivity contribution in [3.8, 4) is 5.75 Å². The number of thioether (sulfide) groups is 1. The largest absolute Gasteiger partial charge is 0.493 e. The Balaban J connectivity index is 0.00000154. The van der Waals surface area contributed by atoms with Crippen LogP contribution in [0.25, 0.3) is 0 Å². The van der Waals surface area contributed by atoms with E-state index < -0.39 is 0 Å². The fourth-order valence-corrected chi connectivity index (χ4v) is 1.77. The molecule has 0 aliphatic heterocycles. The zero-order chi connectivity index (χ0) is 14.7. The average molecular weight is 280 g/mol. The first-order valence-corrected chi connectivity index (χ1v) is 7.56. The van der Waals surface area contributed by atoms with Gasteiger partial charge in [-0.05, 0) is 24.6 Å². The van der Waals surface area contributed by atoms with Crippen LogP contribution >= 0.6 is 11.8 Å². The quantitative estimate of drug-likeness (QED) is 0.698. The lowest BCUT2D eigenvalue weighted by atomic mass is 10.2. The summed E-state index contributed by atoms with van der Waals surface area (Å²) in [6.45, 7) is 12.1. The summed E-state index contributed by atoms with van der Waals surface area (Å²) in [6, 6.07) is 7.86. The molecule has 0 saturated carbocycles. The molecule has 106 valence electrons. The Hall–Kier alpha value is -1.22. The molecule has 0 bridgehead atoms. The molecule has 0 atom stereocenters. The Morgan fingerprint density at radius 1 is 1.21 bits per heavy atom. The molecule has 0 aromatic heterocycles. The first-order chi connectivity index (χ1) is 9.08. The van der Waals surface area contributed by atoms with E-state index in [-0.39, 0.29) is 5.12 Å². The van der Waals surface area contributed by atoms with Crippen LogP contribution in [0.4, 0.5) is 0 Å². The van der Waals surface area contributed by atoms with Gasteiger partial charge in [0.2, 0.25) is 0 Å². The van der Waals surface area contributed by atoms with Gasteiger partial charge in [-0.25, -0.2) is 0 Å². The fraction of sp³-hybridized carbons (Fsp3) is 0.438. The SMILES string of the molecule is C=C(C)CCOc1ccc(CSC(C)=O)cc1.CC. The van der Waals surface area contributed by atoms with E-state index in [2.05, 4.69) is 6.58 Å². The number of hydrogen-bond donors (Lipinski definition) is 0. The molecule has 1 aromatic carbocycles. The molecule has 0 aliphatic carbocycles. The maximum Gasteiger partial charge on any atom is 0.186 e. The van der Waals surface area contributed by atoms with Crippen LogP contribution in [0.15, 0.2) is 36.4 Å². The molecule has 1 aromatic rings. The van der Waals surface area contributed by atoms with Crippen molar-refractivity contribution in [3.63, 3.8) is 0 Å². The van der Waals surface area contributed by atoms with E-state index in [4.69, 9.17) is 4.74 Å². The number of hydrogen-bond acceptors (Lipinski definition) is 3. The monoisotopic (exact) mass is 280 g/mol. The lowest BCUT2D eigenvalue weighted by Gasteiger charge is -2.06. The highest BCUT2D eigenvalue weighted by Gasteiger charge is 1.98. The molecule has 0 N–H and O–H groups in total. The smallest absolute Gasteiger partial charge is 0.186 e. The standard InChI is InChI=1S/C14H18O2S.C2H6/c1-11(2)8-9-16-14-6-4-13(5-7-14)10-17-12(3)15;1-2/h4-7H,1,8-10H2,2-3H3;1-2H3. The average Bonchev–Trinajstić information content (AvgIpc) is 2.40. The summed E-state index contributed by atoms with van der Waals surface area (Å²) < 4.78 is 5.56. The van der Waals surface area contributed by atoms with Crippen molar-refractivity contribution in [1.82, 2.24) is 0 Å². The summed E-state index contributed by atoms with van der Waals surface area (Å²) in [6.07, 6.45) is 0.877. The normalized spacial score (nSPS) is 9.26. The van der Waals surface area contributed by atoms with Crippen molar-refractivity contribution in [2.24, 2.45) is 0 Å². The minimum atomic E-state index is 0.145. The molecule has 0 saturated heterocycles. The Morgan fingerprint density at radius 3 is 2.26 bits per heavy atom. The molecular formula is C16H24O2S. The van der Waals surface area contributed by atoms with Crippen molar-refractivity contribution < 1.29 is 9.53 Å². The lowest BCUT2D eigenvalue weighted by Crippen LogP contribution is -1.97. The molecule has 0 heterocycles. The second-order valence-electron chi connectivity index (χ2n) is 3.98. The fourth-order valence-electron chi connectivity index (χ4n) is 1.21. The zero-order valence-electron chi connectivity index (χ0n) is 12.4. The minimum Gasteiger partial charge on any atom is -0.493 e. The third-order valence-corrected chi connectivity index (χ3v) is 3.05. The van der Waals surface area contributed by atoms with E-state index in [9.17, 15) is 4.79 Å². The third kappa shape index (κ3) is 9.37. The second-order valence-corrected chi connectivity index (χ2v) is 5.13. The van der Waals surface area contributed by atoms with Crippen LogP contribution in [0.2, 0.25) is 0 Å². The Morgan fingerprint density at radius 2 is 1.79 bits per heavy atom. The van der Waals surface area contributed by atoms with Crippen LogP contribution in [-0.2, 0) is 10.5 Å². The number of benzene rings is 1.